The summed E-state index contributed by atoms with van der Waals surface area (Å²) in [4.78, 5) is 13.0. The fourth-order valence-corrected chi connectivity index (χ4v) is 4.83. The lowest BCUT2D eigenvalue weighted by molar-refractivity contribution is -0.123. The van der Waals surface area contributed by atoms with E-state index in [-0.39, 0.29) is 29.5 Å². The summed E-state index contributed by atoms with van der Waals surface area (Å²) in [5, 5.41) is 6.75. The van der Waals surface area contributed by atoms with Gasteiger partial charge in [0.15, 0.2) is 0 Å². The molecule has 0 bridgehead atoms. The van der Waals surface area contributed by atoms with Gasteiger partial charge in [0.1, 0.15) is 11.6 Å². The molecule has 1 saturated carbocycles. The molecule has 2 aromatic carbocycles. The molecule has 1 amide bonds. The summed E-state index contributed by atoms with van der Waals surface area (Å²) >= 11 is 0. The minimum Gasteiger partial charge on any atom is -0.355 e. The van der Waals surface area contributed by atoms with E-state index in [0.29, 0.717) is 18.5 Å². The van der Waals surface area contributed by atoms with E-state index in [1.807, 2.05) is 0 Å². The zero-order chi connectivity index (χ0) is 23.6. The highest BCUT2D eigenvalue weighted by Crippen LogP contribution is 2.29. The monoisotopic (exact) mass is 456 g/mol. The molecule has 180 valence electrons. The first-order valence-corrected chi connectivity index (χ1v) is 12.5. The molecule has 2 aromatic rings. The highest BCUT2D eigenvalue weighted by Gasteiger charge is 2.24. The molecule has 0 spiro atoms. The predicted molar refractivity (Wildman–Crippen MR) is 130 cm³/mol. The SMILES string of the molecule is CC(C)C[C@H](NC1CCCCC1)C(=O)NCCCC(c1ccc(F)cc1)c1ccc(F)cc1. The van der Waals surface area contributed by atoms with E-state index >= 15 is 0 Å². The van der Waals surface area contributed by atoms with Crippen LogP contribution in [-0.4, -0.2) is 24.5 Å². The summed E-state index contributed by atoms with van der Waals surface area (Å²) in [7, 11) is 0. The highest BCUT2D eigenvalue weighted by atomic mass is 19.1. The minimum absolute atomic E-state index is 0.0231. The van der Waals surface area contributed by atoms with E-state index in [0.717, 1.165) is 43.2 Å². The first kappa shape index (κ1) is 25.4. The van der Waals surface area contributed by atoms with Crippen LogP contribution in [0.1, 0.15) is 82.3 Å². The van der Waals surface area contributed by atoms with Crippen LogP contribution >= 0.6 is 0 Å². The van der Waals surface area contributed by atoms with Gasteiger partial charge in [0, 0.05) is 18.5 Å². The molecule has 1 aliphatic rings. The maximum atomic E-state index is 13.4. The second-order valence-electron chi connectivity index (χ2n) is 9.77. The van der Waals surface area contributed by atoms with Crippen LogP contribution in [-0.2, 0) is 4.79 Å². The first-order chi connectivity index (χ1) is 15.9. The second-order valence-corrected chi connectivity index (χ2v) is 9.77. The Morgan fingerprint density at radius 3 is 1.97 bits per heavy atom. The fourth-order valence-electron chi connectivity index (χ4n) is 4.83. The Bertz CT molecular complexity index is 800. The summed E-state index contributed by atoms with van der Waals surface area (Å²) in [6.45, 7) is 4.89. The number of carbonyl (C=O) groups excluding carboxylic acids is 1. The number of rotatable bonds is 11. The largest absolute Gasteiger partial charge is 0.355 e. The minimum atomic E-state index is -0.273. The number of benzene rings is 2. The predicted octanol–water partition coefficient (Wildman–Crippen LogP) is 6.33. The van der Waals surface area contributed by atoms with Crippen LogP contribution in [0.4, 0.5) is 8.78 Å². The number of halogens is 2. The van der Waals surface area contributed by atoms with Crippen LogP contribution in [0.5, 0.6) is 0 Å². The summed E-state index contributed by atoms with van der Waals surface area (Å²) in [6.07, 6.45) is 8.46. The highest BCUT2D eigenvalue weighted by molar-refractivity contribution is 5.81. The summed E-state index contributed by atoms with van der Waals surface area (Å²) in [5.41, 5.74) is 1.98. The molecular weight excluding hydrogens is 418 g/mol. The lowest BCUT2D eigenvalue weighted by atomic mass is 9.87. The molecule has 1 atom stereocenters. The number of hydrogen-bond donors (Lipinski definition) is 2. The summed E-state index contributed by atoms with van der Waals surface area (Å²) < 4.78 is 26.9. The zero-order valence-electron chi connectivity index (χ0n) is 20.0. The van der Waals surface area contributed by atoms with Crippen molar-refractivity contribution >= 4 is 5.91 Å². The lowest BCUT2D eigenvalue weighted by Gasteiger charge is -2.29. The van der Waals surface area contributed by atoms with Gasteiger partial charge >= 0.3 is 0 Å². The van der Waals surface area contributed by atoms with Crippen molar-refractivity contribution in [1.29, 1.82) is 0 Å². The van der Waals surface area contributed by atoms with Crippen LogP contribution in [0.15, 0.2) is 48.5 Å². The maximum absolute atomic E-state index is 13.4. The van der Waals surface area contributed by atoms with Gasteiger partial charge in [0.2, 0.25) is 5.91 Å². The second kappa shape index (κ2) is 12.8. The van der Waals surface area contributed by atoms with Crippen LogP contribution in [0, 0.1) is 17.6 Å². The van der Waals surface area contributed by atoms with E-state index in [1.54, 1.807) is 24.3 Å². The van der Waals surface area contributed by atoms with Crippen molar-refractivity contribution < 1.29 is 13.6 Å². The standard InChI is InChI=1S/C28H38F2N2O/c1-20(2)19-27(32-25-7-4-3-5-8-25)28(33)31-18-6-9-26(21-10-14-23(29)15-11-21)22-12-16-24(30)17-13-22/h10-17,20,25-27,32H,3-9,18-19H2,1-2H3,(H,31,33)/t27-/m0/s1. The lowest BCUT2D eigenvalue weighted by Crippen LogP contribution is -2.49. The molecular formula is C28H38F2N2O. The van der Waals surface area contributed by atoms with Gasteiger partial charge in [-0.25, -0.2) is 8.78 Å². The van der Waals surface area contributed by atoms with E-state index in [9.17, 15) is 13.6 Å². The number of nitrogens with one attached hydrogen (secondary N) is 2. The van der Waals surface area contributed by atoms with Crippen molar-refractivity contribution in [1.82, 2.24) is 10.6 Å². The number of amides is 1. The molecule has 5 heteroatoms. The Balaban J connectivity index is 1.57. The molecule has 33 heavy (non-hydrogen) atoms. The normalized spacial score (nSPS) is 15.7. The van der Waals surface area contributed by atoms with Crippen molar-refractivity contribution in [2.45, 2.75) is 83.2 Å². The Labute approximate surface area is 197 Å². The van der Waals surface area contributed by atoms with Crippen LogP contribution in [0.3, 0.4) is 0 Å². The van der Waals surface area contributed by atoms with Crippen molar-refractivity contribution in [3.8, 4) is 0 Å². The molecule has 3 nitrogen and oxygen atoms in total. The van der Waals surface area contributed by atoms with Crippen molar-refractivity contribution in [2.75, 3.05) is 6.54 Å². The van der Waals surface area contributed by atoms with Gasteiger partial charge in [0.25, 0.3) is 0 Å². The van der Waals surface area contributed by atoms with E-state index in [2.05, 4.69) is 24.5 Å². The summed E-state index contributed by atoms with van der Waals surface area (Å²) in [6, 6.07) is 13.3. The van der Waals surface area contributed by atoms with Crippen LogP contribution in [0.25, 0.3) is 0 Å². The third-order valence-corrected chi connectivity index (χ3v) is 6.58. The van der Waals surface area contributed by atoms with Crippen molar-refractivity contribution in [3.05, 3.63) is 71.3 Å². The van der Waals surface area contributed by atoms with Crippen LogP contribution in [0.2, 0.25) is 0 Å². The first-order valence-electron chi connectivity index (χ1n) is 12.5. The molecule has 0 saturated heterocycles. The van der Waals surface area contributed by atoms with E-state index in [4.69, 9.17) is 0 Å². The van der Waals surface area contributed by atoms with Gasteiger partial charge in [-0.15, -0.1) is 0 Å². The third-order valence-electron chi connectivity index (χ3n) is 6.58. The fraction of sp³-hybridized carbons (Fsp3) is 0.536. The summed E-state index contributed by atoms with van der Waals surface area (Å²) in [5.74, 6) is -0.00135. The Morgan fingerprint density at radius 1 is 0.909 bits per heavy atom. The average Bonchev–Trinajstić information content (AvgIpc) is 2.80. The van der Waals surface area contributed by atoms with Gasteiger partial charge in [-0.1, -0.05) is 57.4 Å². The van der Waals surface area contributed by atoms with Gasteiger partial charge < -0.3 is 10.6 Å². The molecule has 2 N–H and O–H groups in total. The number of carbonyl (C=O) groups is 1. The molecule has 1 aliphatic carbocycles. The van der Waals surface area contributed by atoms with E-state index < -0.39 is 0 Å². The Morgan fingerprint density at radius 2 is 1.45 bits per heavy atom. The van der Waals surface area contributed by atoms with Gasteiger partial charge in [-0.2, -0.15) is 0 Å². The van der Waals surface area contributed by atoms with Crippen molar-refractivity contribution in [2.24, 2.45) is 5.92 Å². The van der Waals surface area contributed by atoms with Crippen LogP contribution < -0.4 is 10.6 Å². The molecule has 0 heterocycles. The molecule has 0 aliphatic heterocycles. The smallest absolute Gasteiger partial charge is 0.237 e. The van der Waals surface area contributed by atoms with Gasteiger partial charge in [-0.05, 0) is 73.4 Å². The molecule has 0 aromatic heterocycles. The van der Waals surface area contributed by atoms with Crippen molar-refractivity contribution in [3.63, 3.8) is 0 Å². The van der Waals surface area contributed by atoms with Gasteiger partial charge in [-0.3, -0.25) is 4.79 Å². The molecule has 0 radical (unpaired) electrons. The number of hydrogen-bond acceptors (Lipinski definition) is 2. The van der Waals surface area contributed by atoms with Gasteiger partial charge in [0.05, 0.1) is 6.04 Å². The topological polar surface area (TPSA) is 41.1 Å². The third kappa shape index (κ3) is 8.22. The quantitative estimate of drug-likeness (QED) is 0.388. The zero-order valence-corrected chi connectivity index (χ0v) is 20.0. The molecule has 0 unspecified atom stereocenters. The van der Waals surface area contributed by atoms with E-state index in [1.165, 1.54) is 43.5 Å². The maximum Gasteiger partial charge on any atom is 0.237 e. The molecule has 1 fully saturated rings. The molecule has 3 rings (SSSR count). The average molecular weight is 457 g/mol. The Kier molecular flexibility index (Phi) is 9.86. The Hall–Kier alpha value is -2.27.